The van der Waals surface area contributed by atoms with Gasteiger partial charge in [-0.05, 0) is 42.5 Å². The molecule has 0 aliphatic heterocycles. The summed E-state index contributed by atoms with van der Waals surface area (Å²) >= 11 is 1.77. The predicted molar refractivity (Wildman–Crippen MR) is 74.5 cm³/mol. The third-order valence-electron chi connectivity index (χ3n) is 2.85. The third-order valence-corrected chi connectivity index (χ3v) is 3.49. The van der Waals surface area contributed by atoms with Gasteiger partial charge in [-0.1, -0.05) is 18.2 Å². The lowest BCUT2D eigenvalue weighted by molar-refractivity contribution is 0.172. The number of para-hydroxylation sites is 1. The summed E-state index contributed by atoms with van der Waals surface area (Å²) in [7, 11) is 0. The van der Waals surface area contributed by atoms with Crippen LogP contribution in [0.4, 0.5) is 0 Å². The van der Waals surface area contributed by atoms with E-state index in [9.17, 15) is 5.11 Å². The first-order valence-electron chi connectivity index (χ1n) is 5.81. The van der Waals surface area contributed by atoms with E-state index in [2.05, 4.69) is 17.3 Å². The predicted octanol–water partition coefficient (Wildman–Crippen LogP) is 2.89. The van der Waals surface area contributed by atoms with E-state index < -0.39 is 0 Å². The Bertz CT molecular complexity index is 481. The first kappa shape index (κ1) is 12.4. The maximum absolute atomic E-state index is 9.96. The smallest absolute Gasteiger partial charge is 0.0704 e. The molecule has 1 aromatic heterocycles. The average molecular weight is 247 g/mol. The van der Waals surface area contributed by atoms with Crippen molar-refractivity contribution in [3.8, 4) is 0 Å². The third kappa shape index (κ3) is 3.20. The van der Waals surface area contributed by atoms with Crippen molar-refractivity contribution >= 4 is 22.7 Å². The van der Waals surface area contributed by atoms with E-state index in [1.54, 1.807) is 11.8 Å². The Hall–Kier alpha value is -1.06. The van der Waals surface area contributed by atoms with E-state index in [4.69, 9.17) is 0 Å². The number of hydrogen-bond acceptors (Lipinski definition) is 3. The maximum Gasteiger partial charge on any atom is 0.0704 e. The number of aliphatic hydroxyl groups is 1. The summed E-state index contributed by atoms with van der Waals surface area (Å²) in [6.45, 7) is 0. The number of thioether (sulfide) groups is 1. The second-order valence-corrected chi connectivity index (χ2v) is 5.11. The second-order valence-electron chi connectivity index (χ2n) is 4.13. The molecule has 2 nitrogen and oxygen atoms in total. The number of nitrogens with zero attached hydrogens (tertiary/aromatic N) is 1. The molecule has 3 heteroatoms. The molecule has 2 aromatic rings. The zero-order valence-corrected chi connectivity index (χ0v) is 10.8. The normalized spacial score (nSPS) is 12.8. The second kappa shape index (κ2) is 6.03. The molecule has 0 amide bonds. The van der Waals surface area contributed by atoms with Gasteiger partial charge in [0, 0.05) is 11.6 Å². The molecule has 0 radical (unpaired) electrons. The van der Waals surface area contributed by atoms with E-state index in [0.717, 1.165) is 23.1 Å². The molecule has 1 heterocycles. The van der Waals surface area contributed by atoms with E-state index in [1.165, 1.54) is 5.56 Å². The van der Waals surface area contributed by atoms with Crippen LogP contribution in [0.5, 0.6) is 0 Å². The zero-order valence-electron chi connectivity index (χ0n) is 9.97. The van der Waals surface area contributed by atoms with Crippen molar-refractivity contribution in [3.63, 3.8) is 0 Å². The van der Waals surface area contributed by atoms with Gasteiger partial charge in [0.25, 0.3) is 0 Å². The minimum atomic E-state index is -0.256. The fourth-order valence-electron chi connectivity index (χ4n) is 1.94. The number of aromatic nitrogens is 1. The Kier molecular flexibility index (Phi) is 4.40. The maximum atomic E-state index is 9.96. The first-order chi connectivity index (χ1) is 8.31. The molecule has 1 N–H and O–H groups in total. The SMILES string of the molecule is CSCCC(O)Cc1ccnc2ccccc12. The largest absolute Gasteiger partial charge is 0.393 e. The summed E-state index contributed by atoms with van der Waals surface area (Å²) in [5.41, 5.74) is 2.19. The number of hydrogen-bond donors (Lipinski definition) is 1. The molecule has 0 bridgehead atoms. The summed E-state index contributed by atoms with van der Waals surface area (Å²) in [5.74, 6) is 1.00. The summed E-state index contributed by atoms with van der Waals surface area (Å²) < 4.78 is 0. The summed E-state index contributed by atoms with van der Waals surface area (Å²) in [6, 6.07) is 10.1. The zero-order chi connectivity index (χ0) is 12.1. The van der Waals surface area contributed by atoms with Gasteiger partial charge in [-0.2, -0.15) is 11.8 Å². The number of pyridine rings is 1. The van der Waals surface area contributed by atoms with Crippen LogP contribution in [0, 0.1) is 0 Å². The number of fused-ring (bicyclic) bond motifs is 1. The number of aliphatic hydroxyl groups excluding tert-OH is 1. The van der Waals surface area contributed by atoms with Crippen LogP contribution in [-0.2, 0) is 6.42 Å². The van der Waals surface area contributed by atoms with Gasteiger partial charge in [-0.3, -0.25) is 4.98 Å². The van der Waals surface area contributed by atoms with Crippen molar-refractivity contribution in [2.45, 2.75) is 18.9 Å². The molecule has 1 unspecified atom stereocenters. The molecule has 0 saturated heterocycles. The molecule has 1 atom stereocenters. The van der Waals surface area contributed by atoms with Crippen LogP contribution in [-0.4, -0.2) is 28.2 Å². The van der Waals surface area contributed by atoms with Crippen LogP contribution in [0.1, 0.15) is 12.0 Å². The Balaban J connectivity index is 2.18. The first-order valence-corrected chi connectivity index (χ1v) is 7.20. The van der Waals surface area contributed by atoms with Crippen molar-refractivity contribution in [1.82, 2.24) is 4.98 Å². The van der Waals surface area contributed by atoms with Gasteiger partial charge in [0.05, 0.1) is 11.6 Å². The van der Waals surface area contributed by atoms with E-state index in [0.29, 0.717) is 6.42 Å². The minimum Gasteiger partial charge on any atom is -0.393 e. The molecule has 1 aromatic carbocycles. The lowest BCUT2D eigenvalue weighted by atomic mass is 10.0. The van der Waals surface area contributed by atoms with Gasteiger partial charge in [0.2, 0.25) is 0 Å². The van der Waals surface area contributed by atoms with Crippen LogP contribution < -0.4 is 0 Å². The summed E-state index contributed by atoms with van der Waals surface area (Å²) in [4.78, 5) is 4.33. The van der Waals surface area contributed by atoms with E-state index >= 15 is 0 Å². The number of rotatable bonds is 5. The van der Waals surface area contributed by atoms with Gasteiger partial charge >= 0.3 is 0 Å². The fourth-order valence-corrected chi connectivity index (χ4v) is 2.45. The summed E-state index contributed by atoms with van der Waals surface area (Å²) in [6.07, 6.45) is 5.18. The fraction of sp³-hybridized carbons (Fsp3) is 0.357. The van der Waals surface area contributed by atoms with Crippen molar-refractivity contribution in [1.29, 1.82) is 0 Å². The Morgan fingerprint density at radius 3 is 2.94 bits per heavy atom. The minimum absolute atomic E-state index is 0.256. The van der Waals surface area contributed by atoms with Crippen LogP contribution in [0.25, 0.3) is 10.9 Å². The van der Waals surface area contributed by atoms with Crippen LogP contribution >= 0.6 is 11.8 Å². The lowest BCUT2D eigenvalue weighted by Gasteiger charge is -2.11. The molecule has 17 heavy (non-hydrogen) atoms. The molecule has 0 fully saturated rings. The molecule has 0 spiro atoms. The highest BCUT2D eigenvalue weighted by molar-refractivity contribution is 7.98. The van der Waals surface area contributed by atoms with Crippen LogP contribution in [0.15, 0.2) is 36.5 Å². The highest BCUT2D eigenvalue weighted by Gasteiger charge is 2.08. The van der Waals surface area contributed by atoms with Crippen LogP contribution in [0.2, 0.25) is 0 Å². The monoisotopic (exact) mass is 247 g/mol. The van der Waals surface area contributed by atoms with Crippen molar-refractivity contribution < 1.29 is 5.11 Å². The Labute approximate surface area is 106 Å². The molecule has 0 aliphatic rings. The Morgan fingerprint density at radius 2 is 2.12 bits per heavy atom. The molecular formula is C14H17NOS. The van der Waals surface area contributed by atoms with Gasteiger partial charge < -0.3 is 5.11 Å². The molecule has 0 saturated carbocycles. The van der Waals surface area contributed by atoms with Gasteiger partial charge in [-0.25, -0.2) is 0 Å². The molecular weight excluding hydrogens is 230 g/mol. The highest BCUT2D eigenvalue weighted by Crippen LogP contribution is 2.18. The van der Waals surface area contributed by atoms with Crippen molar-refractivity contribution in [3.05, 3.63) is 42.1 Å². The standard InChI is InChI=1S/C14H17NOS/c1-17-9-7-12(16)10-11-6-8-15-14-5-3-2-4-13(11)14/h2-6,8,12,16H,7,9-10H2,1H3. The topological polar surface area (TPSA) is 33.1 Å². The van der Waals surface area contributed by atoms with E-state index in [1.807, 2.05) is 30.5 Å². The average Bonchev–Trinajstić information content (AvgIpc) is 2.37. The van der Waals surface area contributed by atoms with Crippen molar-refractivity contribution in [2.75, 3.05) is 12.0 Å². The highest BCUT2D eigenvalue weighted by atomic mass is 32.2. The molecule has 0 aliphatic carbocycles. The lowest BCUT2D eigenvalue weighted by Crippen LogP contribution is -2.11. The Morgan fingerprint density at radius 1 is 1.29 bits per heavy atom. The summed E-state index contributed by atoms with van der Waals surface area (Å²) in [5, 5.41) is 11.1. The van der Waals surface area contributed by atoms with Crippen molar-refractivity contribution in [2.24, 2.45) is 0 Å². The van der Waals surface area contributed by atoms with Gasteiger partial charge in [0.15, 0.2) is 0 Å². The molecule has 90 valence electrons. The number of benzene rings is 1. The van der Waals surface area contributed by atoms with Gasteiger partial charge in [0.1, 0.15) is 0 Å². The van der Waals surface area contributed by atoms with Crippen LogP contribution in [0.3, 0.4) is 0 Å². The molecule has 2 rings (SSSR count). The van der Waals surface area contributed by atoms with E-state index in [-0.39, 0.29) is 6.10 Å². The quantitative estimate of drug-likeness (QED) is 0.882. The van der Waals surface area contributed by atoms with Gasteiger partial charge in [-0.15, -0.1) is 0 Å².